The van der Waals surface area contributed by atoms with Crippen LogP contribution in [0.4, 0.5) is 0 Å². The van der Waals surface area contributed by atoms with Gasteiger partial charge in [0.2, 0.25) is 5.91 Å². The van der Waals surface area contributed by atoms with Crippen molar-refractivity contribution in [2.24, 2.45) is 5.92 Å². The van der Waals surface area contributed by atoms with E-state index in [4.69, 9.17) is 0 Å². The van der Waals surface area contributed by atoms with Crippen molar-refractivity contribution in [3.8, 4) is 0 Å². The number of likely N-dealkylation sites (tertiary alicyclic amines) is 1. The number of piperidine rings is 1. The summed E-state index contributed by atoms with van der Waals surface area (Å²) in [5.74, 6) is 1.08. The zero-order chi connectivity index (χ0) is 12.1. The Morgan fingerprint density at radius 3 is 2.69 bits per heavy atom. The number of carbonyl (C=O) groups excluding carboxylic acids is 1. The van der Waals surface area contributed by atoms with Gasteiger partial charge in [0.25, 0.3) is 0 Å². The summed E-state index contributed by atoms with van der Waals surface area (Å²) in [5.41, 5.74) is 0. The lowest BCUT2D eigenvalue weighted by molar-refractivity contribution is -0.134. The van der Waals surface area contributed by atoms with E-state index in [-0.39, 0.29) is 0 Å². The second kappa shape index (κ2) is 6.24. The van der Waals surface area contributed by atoms with Gasteiger partial charge in [0.05, 0.1) is 0 Å². The van der Waals surface area contributed by atoms with Crippen LogP contribution in [-0.4, -0.2) is 36.0 Å². The van der Waals surface area contributed by atoms with Gasteiger partial charge < -0.3 is 10.2 Å². The van der Waals surface area contributed by atoms with Crippen LogP contribution in [0.2, 0.25) is 0 Å². The molecule has 0 aromatic rings. The van der Waals surface area contributed by atoms with Crippen LogP contribution in [0.1, 0.15) is 47.0 Å². The molecule has 94 valence electrons. The lowest BCUT2D eigenvalue weighted by atomic mass is 9.93. The first-order chi connectivity index (χ1) is 7.50. The van der Waals surface area contributed by atoms with Crippen LogP contribution in [-0.2, 0) is 4.79 Å². The fourth-order valence-corrected chi connectivity index (χ4v) is 2.39. The molecular formula is C13H26N2O. The number of carbonyl (C=O) groups is 1. The van der Waals surface area contributed by atoms with Gasteiger partial charge in [-0.2, -0.15) is 0 Å². The topological polar surface area (TPSA) is 32.3 Å². The molecule has 2 unspecified atom stereocenters. The highest BCUT2D eigenvalue weighted by atomic mass is 16.2. The van der Waals surface area contributed by atoms with Crippen LogP contribution in [0, 0.1) is 5.92 Å². The molecule has 1 rings (SSSR count). The Hall–Kier alpha value is -0.570. The van der Waals surface area contributed by atoms with E-state index in [1.807, 2.05) is 0 Å². The number of rotatable bonds is 4. The van der Waals surface area contributed by atoms with Crippen molar-refractivity contribution in [2.75, 3.05) is 13.1 Å². The summed E-state index contributed by atoms with van der Waals surface area (Å²) in [6.07, 6.45) is 2.95. The molecule has 2 atom stereocenters. The maximum atomic E-state index is 12.0. The SMILES string of the molecule is CC1CCN(C(=O)CCNC(C)C)C(C)C1. The first-order valence-electron chi connectivity index (χ1n) is 6.53. The van der Waals surface area contributed by atoms with Crippen LogP contribution >= 0.6 is 0 Å². The van der Waals surface area contributed by atoms with Crippen LogP contribution in [0.15, 0.2) is 0 Å². The quantitative estimate of drug-likeness (QED) is 0.795. The number of nitrogens with zero attached hydrogens (tertiary/aromatic N) is 1. The molecule has 0 aliphatic carbocycles. The third-order valence-electron chi connectivity index (χ3n) is 3.35. The van der Waals surface area contributed by atoms with Gasteiger partial charge in [-0.05, 0) is 25.7 Å². The monoisotopic (exact) mass is 226 g/mol. The number of amides is 1. The van der Waals surface area contributed by atoms with E-state index >= 15 is 0 Å². The molecule has 0 bridgehead atoms. The number of nitrogens with one attached hydrogen (secondary N) is 1. The van der Waals surface area contributed by atoms with Gasteiger partial charge in [0, 0.05) is 31.6 Å². The van der Waals surface area contributed by atoms with E-state index in [9.17, 15) is 4.79 Å². The Kier molecular flexibility index (Phi) is 5.26. The van der Waals surface area contributed by atoms with Gasteiger partial charge >= 0.3 is 0 Å². The minimum absolute atomic E-state index is 0.313. The zero-order valence-electron chi connectivity index (χ0n) is 11.1. The van der Waals surface area contributed by atoms with Crippen molar-refractivity contribution in [1.29, 1.82) is 0 Å². The molecule has 1 N–H and O–H groups in total. The van der Waals surface area contributed by atoms with Crippen molar-refractivity contribution >= 4 is 5.91 Å². The van der Waals surface area contributed by atoms with Gasteiger partial charge in [-0.15, -0.1) is 0 Å². The Labute approximate surface area is 99.6 Å². The lowest BCUT2D eigenvalue weighted by Crippen LogP contribution is -2.45. The van der Waals surface area contributed by atoms with Crippen LogP contribution < -0.4 is 5.32 Å². The standard InChI is InChI=1S/C13H26N2O/c1-10(2)14-7-5-13(16)15-8-6-11(3)9-12(15)4/h10-12,14H,5-9H2,1-4H3. The van der Waals surface area contributed by atoms with E-state index in [0.717, 1.165) is 31.8 Å². The fraction of sp³-hybridized carbons (Fsp3) is 0.923. The van der Waals surface area contributed by atoms with Crippen molar-refractivity contribution < 1.29 is 4.79 Å². The predicted molar refractivity (Wildman–Crippen MR) is 67.3 cm³/mol. The minimum atomic E-state index is 0.313. The largest absolute Gasteiger partial charge is 0.340 e. The average molecular weight is 226 g/mol. The second-order valence-electron chi connectivity index (χ2n) is 5.42. The second-order valence-corrected chi connectivity index (χ2v) is 5.42. The van der Waals surface area contributed by atoms with Gasteiger partial charge in [0.15, 0.2) is 0 Å². The molecule has 1 aliphatic rings. The highest BCUT2D eigenvalue weighted by Crippen LogP contribution is 2.22. The summed E-state index contributed by atoms with van der Waals surface area (Å²) >= 11 is 0. The Balaban J connectivity index is 2.30. The van der Waals surface area contributed by atoms with Gasteiger partial charge in [-0.3, -0.25) is 4.79 Å². The molecule has 16 heavy (non-hydrogen) atoms. The van der Waals surface area contributed by atoms with Crippen molar-refractivity contribution in [3.05, 3.63) is 0 Å². The maximum absolute atomic E-state index is 12.0. The number of hydrogen-bond acceptors (Lipinski definition) is 2. The average Bonchev–Trinajstić information content (AvgIpc) is 2.16. The van der Waals surface area contributed by atoms with Gasteiger partial charge in [-0.1, -0.05) is 20.8 Å². The maximum Gasteiger partial charge on any atom is 0.224 e. The van der Waals surface area contributed by atoms with E-state index in [1.54, 1.807) is 0 Å². The van der Waals surface area contributed by atoms with E-state index in [0.29, 0.717) is 24.4 Å². The van der Waals surface area contributed by atoms with E-state index in [2.05, 4.69) is 37.9 Å². The third kappa shape index (κ3) is 4.12. The zero-order valence-corrected chi connectivity index (χ0v) is 11.1. The summed E-state index contributed by atoms with van der Waals surface area (Å²) in [5, 5.41) is 3.29. The molecule has 1 saturated heterocycles. The lowest BCUT2D eigenvalue weighted by Gasteiger charge is -2.36. The molecule has 1 amide bonds. The van der Waals surface area contributed by atoms with Crippen molar-refractivity contribution in [1.82, 2.24) is 10.2 Å². The van der Waals surface area contributed by atoms with Crippen LogP contribution in [0.25, 0.3) is 0 Å². The van der Waals surface area contributed by atoms with Gasteiger partial charge in [-0.25, -0.2) is 0 Å². The molecule has 1 aliphatic heterocycles. The molecule has 1 fully saturated rings. The smallest absolute Gasteiger partial charge is 0.224 e. The first-order valence-corrected chi connectivity index (χ1v) is 6.53. The Bertz CT molecular complexity index is 228. The van der Waals surface area contributed by atoms with Crippen LogP contribution in [0.5, 0.6) is 0 Å². The highest BCUT2D eigenvalue weighted by molar-refractivity contribution is 5.76. The summed E-state index contributed by atoms with van der Waals surface area (Å²) in [4.78, 5) is 14.0. The van der Waals surface area contributed by atoms with E-state index in [1.165, 1.54) is 0 Å². The molecule has 0 aromatic heterocycles. The Morgan fingerprint density at radius 1 is 1.44 bits per heavy atom. The summed E-state index contributed by atoms with van der Waals surface area (Å²) in [7, 11) is 0. The summed E-state index contributed by atoms with van der Waals surface area (Å²) < 4.78 is 0. The Morgan fingerprint density at radius 2 is 2.12 bits per heavy atom. The molecule has 3 heteroatoms. The highest BCUT2D eigenvalue weighted by Gasteiger charge is 2.25. The predicted octanol–water partition coefficient (Wildman–Crippen LogP) is 2.02. The molecule has 0 radical (unpaired) electrons. The normalized spacial score (nSPS) is 26.2. The summed E-state index contributed by atoms with van der Waals surface area (Å²) in [6, 6.07) is 0.891. The summed E-state index contributed by atoms with van der Waals surface area (Å²) in [6.45, 7) is 10.4. The third-order valence-corrected chi connectivity index (χ3v) is 3.35. The first kappa shape index (κ1) is 13.5. The number of hydrogen-bond donors (Lipinski definition) is 1. The molecule has 0 aromatic carbocycles. The molecule has 0 spiro atoms. The molecular weight excluding hydrogens is 200 g/mol. The molecule has 1 heterocycles. The van der Waals surface area contributed by atoms with E-state index < -0.39 is 0 Å². The van der Waals surface area contributed by atoms with Gasteiger partial charge in [0.1, 0.15) is 0 Å². The molecule has 0 saturated carbocycles. The van der Waals surface area contributed by atoms with Crippen LogP contribution in [0.3, 0.4) is 0 Å². The van der Waals surface area contributed by atoms with Crippen molar-refractivity contribution in [2.45, 2.75) is 59.0 Å². The minimum Gasteiger partial charge on any atom is -0.340 e. The molecule has 3 nitrogen and oxygen atoms in total. The van der Waals surface area contributed by atoms with Crippen molar-refractivity contribution in [3.63, 3.8) is 0 Å². The fourth-order valence-electron chi connectivity index (χ4n) is 2.39.